The number of nitrogens with zero attached hydrogens (tertiary/aromatic N) is 2. The molecule has 2 amide bonds. The summed E-state index contributed by atoms with van der Waals surface area (Å²) in [5.41, 5.74) is 4.05. The Morgan fingerprint density at radius 1 is 0.804 bits per heavy atom. The van der Waals surface area contributed by atoms with Crippen LogP contribution < -0.4 is 9.62 Å². The van der Waals surface area contributed by atoms with Gasteiger partial charge in [-0.2, -0.15) is 0 Å². The predicted octanol–water partition coefficient (Wildman–Crippen LogP) is 6.59. The number of carbonyl (C=O) groups excluding carboxylic acids is 2. The molecule has 1 atom stereocenters. The fourth-order valence-electron chi connectivity index (χ4n) is 6.10. The molecule has 4 aromatic carbocycles. The van der Waals surface area contributed by atoms with Gasteiger partial charge >= 0.3 is 0 Å². The van der Waals surface area contributed by atoms with Gasteiger partial charge in [0, 0.05) is 19.0 Å². The molecule has 0 bridgehead atoms. The van der Waals surface area contributed by atoms with Crippen LogP contribution in [0.15, 0.2) is 114 Å². The van der Waals surface area contributed by atoms with Crippen molar-refractivity contribution in [3.63, 3.8) is 0 Å². The average Bonchev–Trinajstić information content (AvgIpc) is 3.07. The second-order valence-corrected chi connectivity index (χ2v) is 14.0. The number of aryl methyl sites for hydroxylation is 2. The maximum atomic E-state index is 14.7. The lowest BCUT2D eigenvalue weighted by Gasteiger charge is -2.35. The van der Waals surface area contributed by atoms with Gasteiger partial charge in [-0.05, 0) is 73.2 Å². The Morgan fingerprint density at radius 2 is 1.46 bits per heavy atom. The van der Waals surface area contributed by atoms with E-state index in [2.05, 4.69) is 5.32 Å². The van der Waals surface area contributed by atoms with Crippen molar-refractivity contribution in [3.05, 3.63) is 131 Å². The highest BCUT2D eigenvalue weighted by Crippen LogP contribution is 2.26. The first kappa shape index (κ1) is 32.9. The van der Waals surface area contributed by atoms with Gasteiger partial charge in [-0.15, -0.1) is 0 Å². The van der Waals surface area contributed by atoms with Gasteiger partial charge in [0.15, 0.2) is 0 Å². The van der Waals surface area contributed by atoms with E-state index in [0.717, 1.165) is 54.4 Å². The fourth-order valence-corrected chi connectivity index (χ4v) is 7.53. The van der Waals surface area contributed by atoms with Crippen molar-refractivity contribution in [1.29, 1.82) is 0 Å². The third-order valence-electron chi connectivity index (χ3n) is 8.72. The smallest absolute Gasteiger partial charge is 0.264 e. The van der Waals surface area contributed by atoms with E-state index >= 15 is 0 Å². The van der Waals surface area contributed by atoms with Gasteiger partial charge in [-0.25, -0.2) is 8.42 Å². The highest BCUT2D eigenvalue weighted by Gasteiger charge is 2.35. The van der Waals surface area contributed by atoms with Crippen molar-refractivity contribution in [2.75, 3.05) is 10.8 Å². The molecule has 46 heavy (non-hydrogen) atoms. The van der Waals surface area contributed by atoms with Crippen molar-refractivity contribution in [2.45, 2.75) is 75.9 Å². The zero-order valence-electron chi connectivity index (χ0n) is 26.6. The molecule has 0 aromatic heterocycles. The van der Waals surface area contributed by atoms with Gasteiger partial charge in [0.2, 0.25) is 11.8 Å². The Morgan fingerprint density at radius 3 is 2.13 bits per heavy atom. The molecule has 1 N–H and O–H groups in total. The normalized spacial score (nSPS) is 14.3. The quantitative estimate of drug-likeness (QED) is 0.190. The molecule has 0 spiro atoms. The number of amides is 2. The molecule has 1 aliphatic rings. The standard InChI is InChI=1S/C38H43N3O4S/c1-29-15-14-22-34(25-29)41(46(44,45)35-23-10-5-11-24-35)28-37(42)40(27-32-19-13-12-16-30(32)2)36(26-31-17-6-3-7-18-31)38(43)39-33-20-8-4-9-21-33/h3,5-7,10-19,22-25,33,36H,4,8-9,20-21,26-28H2,1-2H3,(H,39,43). The van der Waals surface area contributed by atoms with Crippen LogP contribution in [0.4, 0.5) is 5.69 Å². The van der Waals surface area contributed by atoms with Gasteiger partial charge in [-0.3, -0.25) is 13.9 Å². The highest BCUT2D eigenvalue weighted by molar-refractivity contribution is 7.92. The molecular formula is C38H43N3O4S. The Balaban J connectivity index is 1.56. The minimum atomic E-state index is -4.12. The third kappa shape index (κ3) is 8.23. The molecule has 0 saturated heterocycles. The topological polar surface area (TPSA) is 86.8 Å². The van der Waals surface area contributed by atoms with E-state index in [0.29, 0.717) is 12.1 Å². The lowest BCUT2D eigenvalue weighted by atomic mass is 9.94. The molecule has 1 fully saturated rings. The highest BCUT2D eigenvalue weighted by atomic mass is 32.2. The molecule has 4 aromatic rings. The lowest BCUT2D eigenvalue weighted by molar-refractivity contribution is -0.140. The van der Waals surface area contributed by atoms with E-state index in [-0.39, 0.29) is 23.4 Å². The second-order valence-electron chi connectivity index (χ2n) is 12.2. The van der Waals surface area contributed by atoms with Crippen LogP contribution in [0, 0.1) is 13.8 Å². The Kier molecular flexibility index (Phi) is 10.9. The van der Waals surface area contributed by atoms with E-state index in [4.69, 9.17) is 0 Å². The molecule has 7 nitrogen and oxygen atoms in total. The summed E-state index contributed by atoms with van der Waals surface area (Å²) in [6, 6.07) is 31.9. The summed E-state index contributed by atoms with van der Waals surface area (Å²) < 4.78 is 29.5. The fraction of sp³-hybridized carbons (Fsp3) is 0.316. The van der Waals surface area contributed by atoms with Crippen LogP contribution in [-0.4, -0.2) is 43.8 Å². The zero-order valence-corrected chi connectivity index (χ0v) is 27.5. The molecule has 8 heteroatoms. The minimum Gasteiger partial charge on any atom is -0.352 e. The van der Waals surface area contributed by atoms with E-state index < -0.39 is 28.5 Å². The number of anilines is 1. The van der Waals surface area contributed by atoms with Crippen LogP contribution in [0.2, 0.25) is 0 Å². The first-order valence-electron chi connectivity index (χ1n) is 16.0. The summed E-state index contributed by atoms with van der Waals surface area (Å²) in [6.45, 7) is 3.56. The van der Waals surface area contributed by atoms with Crippen molar-refractivity contribution in [1.82, 2.24) is 10.2 Å². The van der Waals surface area contributed by atoms with Crippen LogP contribution in [0.25, 0.3) is 0 Å². The number of sulfonamides is 1. The summed E-state index contributed by atoms with van der Waals surface area (Å²) >= 11 is 0. The molecular weight excluding hydrogens is 595 g/mol. The third-order valence-corrected chi connectivity index (χ3v) is 10.5. The van der Waals surface area contributed by atoms with Gasteiger partial charge in [0.05, 0.1) is 10.6 Å². The Hall–Kier alpha value is -4.43. The summed E-state index contributed by atoms with van der Waals surface area (Å²) in [7, 11) is -4.12. The molecule has 0 heterocycles. The average molecular weight is 638 g/mol. The van der Waals surface area contributed by atoms with Crippen molar-refractivity contribution in [2.24, 2.45) is 0 Å². The number of nitrogens with one attached hydrogen (secondary N) is 1. The van der Waals surface area contributed by atoms with Gasteiger partial charge in [0.1, 0.15) is 12.6 Å². The van der Waals surface area contributed by atoms with Gasteiger partial charge < -0.3 is 10.2 Å². The molecule has 1 unspecified atom stereocenters. The maximum absolute atomic E-state index is 14.7. The summed E-state index contributed by atoms with van der Waals surface area (Å²) in [5.74, 6) is -0.672. The van der Waals surface area contributed by atoms with Crippen molar-refractivity contribution < 1.29 is 18.0 Å². The predicted molar refractivity (Wildman–Crippen MR) is 183 cm³/mol. The number of carbonyl (C=O) groups is 2. The second kappa shape index (κ2) is 15.2. The lowest BCUT2D eigenvalue weighted by Crippen LogP contribution is -2.55. The van der Waals surface area contributed by atoms with Crippen molar-refractivity contribution in [3.8, 4) is 0 Å². The summed E-state index contributed by atoms with van der Waals surface area (Å²) in [4.78, 5) is 30.6. The largest absolute Gasteiger partial charge is 0.352 e. The molecule has 5 rings (SSSR count). The van der Waals surface area contributed by atoms with Gasteiger partial charge in [0.25, 0.3) is 10.0 Å². The summed E-state index contributed by atoms with van der Waals surface area (Å²) in [6.07, 6.45) is 5.39. The number of rotatable bonds is 12. The minimum absolute atomic E-state index is 0.0530. The van der Waals surface area contributed by atoms with Crippen molar-refractivity contribution >= 4 is 27.5 Å². The van der Waals surface area contributed by atoms with E-state index in [1.807, 2.05) is 74.5 Å². The van der Waals surface area contributed by atoms with E-state index in [9.17, 15) is 18.0 Å². The molecule has 240 valence electrons. The first-order chi connectivity index (χ1) is 22.2. The molecule has 1 saturated carbocycles. The van der Waals surface area contributed by atoms with E-state index in [1.54, 1.807) is 41.3 Å². The van der Waals surface area contributed by atoms with Crippen LogP contribution in [0.5, 0.6) is 0 Å². The Bertz CT molecular complexity index is 1720. The zero-order chi connectivity index (χ0) is 32.5. The number of benzene rings is 4. The molecule has 1 aliphatic carbocycles. The van der Waals surface area contributed by atoms with Gasteiger partial charge in [-0.1, -0.05) is 104 Å². The number of hydrogen-bond acceptors (Lipinski definition) is 4. The SMILES string of the molecule is Cc1cccc(N(CC(=O)N(Cc2ccccc2C)C(Cc2ccccc2)C(=O)NC2CCCCC2)S(=O)(=O)c2ccccc2)c1. The number of hydrogen-bond donors (Lipinski definition) is 1. The van der Waals surface area contributed by atoms with Crippen LogP contribution >= 0.6 is 0 Å². The van der Waals surface area contributed by atoms with E-state index in [1.165, 1.54) is 16.4 Å². The monoisotopic (exact) mass is 637 g/mol. The maximum Gasteiger partial charge on any atom is 0.264 e. The molecule has 0 aliphatic heterocycles. The van der Waals surface area contributed by atoms with Crippen LogP contribution in [0.3, 0.4) is 0 Å². The van der Waals surface area contributed by atoms with Crippen LogP contribution in [-0.2, 0) is 32.6 Å². The van der Waals surface area contributed by atoms with Crippen LogP contribution in [0.1, 0.15) is 54.4 Å². The summed E-state index contributed by atoms with van der Waals surface area (Å²) in [5, 5.41) is 3.26. The Labute approximate surface area is 273 Å². The first-order valence-corrected chi connectivity index (χ1v) is 17.5. The molecule has 0 radical (unpaired) electrons.